The van der Waals surface area contributed by atoms with Crippen LogP contribution in [0.15, 0.2) is 42.5 Å². The summed E-state index contributed by atoms with van der Waals surface area (Å²) in [6.45, 7) is 1.85. The molecule has 3 rings (SSSR count). The highest BCUT2D eigenvalue weighted by molar-refractivity contribution is 8.19. The van der Waals surface area contributed by atoms with Crippen molar-refractivity contribution < 1.29 is 9.53 Å². The number of rotatable bonds is 5. The molecule has 0 spiro atoms. The summed E-state index contributed by atoms with van der Waals surface area (Å²) in [5, 5.41) is 3.49. The quantitative estimate of drug-likeness (QED) is 0.780. The first kappa shape index (κ1) is 17.5. The van der Waals surface area contributed by atoms with Crippen molar-refractivity contribution in [1.82, 2.24) is 0 Å². The third-order valence-corrected chi connectivity index (χ3v) is 7.17. The van der Waals surface area contributed by atoms with Crippen molar-refractivity contribution in [3.05, 3.63) is 58.6 Å². The van der Waals surface area contributed by atoms with Gasteiger partial charge in [0.25, 0.3) is 5.91 Å². The second-order valence-electron chi connectivity index (χ2n) is 5.36. The zero-order valence-electron chi connectivity index (χ0n) is 13.3. The first-order valence-electron chi connectivity index (χ1n) is 7.65. The lowest BCUT2D eigenvalue weighted by Crippen LogP contribution is -2.21. The number of halogens is 1. The van der Waals surface area contributed by atoms with Gasteiger partial charge < -0.3 is 10.1 Å². The number of hydrogen-bond acceptors (Lipinski definition) is 4. The second kappa shape index (κ2) is 8.19. The Balaban J connectivity index is 1.63. The van der Waals surface area contributed by atoms with E-state index >= 15 is 0 Å². The average molecular weight is 380 g/mol. The van der Waals surface area contributed by atoms with E-state index in [1.807, 2.05) is 60.8 Å². The SMILES string of the molecule is Cc1c(Cl)cccc1NC(=O)COc1ccccc1C1SCCS1. The van der Waals surface area contributed by atoms with Crippen LogP contribution in [0.5, 0.6) is 5.75 Å². The van der Waals surface area contributed by atoms with Crippen molar-refractivity contribution in [1.29, 1.82) is 0 Å². The van der Waals surface area contributed by atoms with Crippen LogP contribution in [0.4, 0.5) is 5.69 Å². The number of para-hydroxylation sites is 1. The molecule has 24 heavy (non-hydrogen) atoms. The van der Waals surface area contributed by atoms with Crippen LogP contribution < -0.4 is 10.1 Å². The van der Waals surface area contributed by atoms with Gasteiger partial charge in [-0.15, -0.1) is 23.5 Å². The normalized spacial score (nSPS) is 14.6. The minimum Gasteiger partial charge on any atom is -0.483 e. The average Bonchev–Trinajstić information content (AvgIpc) is 3.12. The summed E-state index contributed by atoms with van der Waals surface area (Å²) in [6.07, 6.45) is 0. The van der Waals surface area contributed by atoms with Gasteiger partial charge in [-0.3, -0.25) is 4.79 Å². The lowest BCUT2D eigenvalue weighted by molar-refractivity contribution is -0.118. The summed E-state index contributed by atoms with van der Waals surface area (Å²) in [5.74, 6) is 2.89. The van der Waals surface area contributed by atoms with E-state index < -0.39 is 0 Å². The van der Waals surface area contributed by atoms with Crippen molar-refractivity contribution in [2.24, 2.45) is 0 Å². The summed E-state index contributed by atoms with van der Waals surface area (Å²) < 4.78 is 6.17. The zero-order valence-corrected chi connectivity index (χ0v) is 15.6. The largest absolute Gasteiger partial charge is 0.483 e. The fourth-order valence-electron chi connectivity index (χ4n) is 2.42. The van der Waals surface area contributed by atoms with Crippen molar-refractivity contribution in [2.75, 3.05) is 23.4 Å². The minimum atomic E-state index is -0.193. The molecule has 3 nitrogen and oxygen atoms in total. The van der Waals surface area contributed by atoms with Crippen LogP contribution in [0.2, 0.25) is 5.02 Å². The molecule has 0 radical (unpaired) electrons. The van der Waals surface area contributed by atoms with E-state index in [1.165, 1.54) is 0 Å². The minimum absolute atomic E-state index is 0.0228. The molecule has 6 heteroatoms. The van der Waals surface area contributed by atoms with E-state index in [4.69, 9.17) is 16.3 Å². The number of amides is 1. The fraction of sp³-hybridized carbons (Fsp3) is 0.278. The molecular weight excluding hydrogens is 362 g/mol. The molecule has 2 aromatic carbocycles. The maximum atomic E-state index is 12.2. The number of benzene rings is 2. The summed E-state index contributed by atoms with van der Waals surface area (Å²) in [5.41, 5.74) is 2.72. The van der Waals surface area contributed by atoms with Crippen LogP contribution in [-0.2, 0) is 4.79 Å². The molecule has 1 heterocycles. The van der Waals surface area contributed by atoms with Crippen LogP contribution in [0, 0.1) is 6.92 Å². The Hall–Kier alpha value is -1.30. The molecule has 1 aliphatic rings. The van der Waals surface area contributed by atoms with Gasteiger partial charge in [-0.25, -0.2) is 0 Å². The van der Waals surface area contributed by atoms with Gasteiger partial charge in [-0.05, 0) is 30.7 Å². The van der Waals surface area contributed by atoms with Gasteiger partial charge in [0.2, 0.25) is 0 Å². The van der Waals surface area contributed by atoms with Crippen molar-refractivity contribution in [3.63, 3.8) is 0 Å². The lowest BCUT2D eigenvalue weighted by Gasteiger charge is -2.15. The van der Waals surface area contributed by atoms with Crippen molar-refractivity contribution >= 4 is 46.7 Å². The molecule has 2 aromatic rings. The third-order valence-electron chi connectivity index (χ3n) is 3.70. The van der Waals surface area contributed by atoms with Gasteiger partial charge >= 0.3 is 0 Å². The number of carbonyl (C=O) groups is 1. The van der Waals surface area contributed by atoms with Gasteiger partial charge in [-0.2, -0.15) is 0 Å². The molecule has 1 aliphatic heterocycles. The van der Waals surface area contributed by atoms with Gasteiger partial charge in [0, 0.05) is 27.8 Å². The Labute approximate surface area is 155 Å². The third kappa shape index (κ3) is 4.21. The van der Waals surface area contributed by atoms with E-state index in [2.05, 4.69) is 11.4 Å². The lowest BCUT2D eigenvalue weighted by atomic mass is 10.2. The van der Waals surface area contributed by atoms with Gasteiger partial charge in [0.15, 0.2) is 6.61 Å². The molecule has 0 saturated carbocycles. The highest BCUT2D eigenvalue weighted by Crippen LogP contribution is 2.48. The summed E-state index contributed by atoms with van der Waals surface area (Å²) in [7, 11) is 0. The Morgan fingerprint density at radius 1 is 1.21 bits per heavy atom. The number of hydrogen-bond donors (Lipinski definition) is 1. The molecule has 0 unspecified atom stereocenters. The van der Waals surface area contributed by atoms with Gasteiger partial charge in [0.1, 0.15) is 5.75 Å². The topological polar surface area (TPSA) is 38.3 Å². The monoisotopic (exact) mass is 379 g/mol. The highest BCUT2D eigenvalue weighted by Gasteiger charge is 2.21. The maximum absolute atomic E-state index is 12.2. The smallest absolute Gasteiger partial charge is 0.262 e. The molecule has 1 amide bonds. The fourth-order valence-corrected chi connectivity index (χ4v) is 5.50. The Morgan fingerprint density at radius 2 is 1.96 bits per heavy atom. The standard InChI is InChI=1S/C18H18ClNO2S2/c1-12-14(19)6-4-7-15(12)20-17(21)11-22-16-8-3-2-5-13(16)18-23-9-10-24-18/h2-8,18H,9-11H2,1H3,(H,20,21). The van der Waals surface area contributed by atoms with Crippen LogP contribution >= 0.6 is 35.1 Å². The molecule has 126 valence electrons. The number of ether oxygens (including phenoxy) is 1. The number of carbonyl (C=O) groups excluding carboxylic acids is 1. The van der Waals surface area contributed by atoms with Gasteiger partial charge in [0.05, 0.1) is 4.58 Å². The molecule has 0 atom stereocenters. The molecule has 1 N–H and O–H groups in total. The van der Waals surface area contributed by atoms with Crippen LogP contribution in [-0.4, -0.2) is 24.0 Å². The van der Waals surface area contributed by atoms with Crippen LogP contribution in [0.25, 0.3) is 0 Å². The number of thioether (sulfide) groups is 2. The second-order valence-corrected chi connectivity index (χ2v) is 8.49. The van der Waals surface area contributed by atoms with Crippen LogP contribution in [0.1, 0.15) is 15.7 Å². The Morgan fingerprint density at radius 3 is 2.75 bits per heavy atom. The number of anilines is 1. The summed E-state index contributed by atoms with van der Waals surface area (Å²) in [4.78, 5) is 12.2. The van der Waals surface area contributed by atoms with E-state index in [0.29, 0.717) is 15.3 Å². The Bertz CT molecular complexity index is 733. The van der Waals surface area contributed by atoms with E-state index in [0.717, 1.165) is 28.4 Å². The van der Waals surface area contributed by atoms with Gasteiger partial charge in [-0.1, -0.05) is 35.9 Å². The molecule has 0 aromatic heterocycles. The van der Waals surface area contributed by atoms with E-state index in [1.54, 1.807) is 6.07 Å². The summed E-state index contributed by atoms with van der Waals surface area (Å²) in [6, 6.07) is 13.4. The maximum Gasteiger partial charge on any atom is 0.262 e. The van der Waals surface area contributed by atoms with Crippen LogP contribution in [0.3, 0.4) is 0 Å². The van der Waals surface area contributed by atoms with Crippen molar-refractivity contribution in [3.8, 4) is 5.75 Å². The zero-order chi connectivity index (χ0) is 16.9. The molecule has 1 fully saturated rings. The Kier molecular flexibility index (Phi) is 5.98. The predicted octanol–water partition coefficient (Wildman–Crippen LogP) is 5.14. The highest BCUT2D eigenvalue weighted by atomic mass is 35.5. The van der Waals surface area contributed by atoms with E-state index in [9.17, 15) is 4.79 Å². The molecule has 0 aliphatic carbocycles. The first-order valence-corrected chi connectivity index (χ1v) is 10.1. The first-order chi connectivity index (χ1) is 11.6. The molecule has 1 saturated heterocycles. The molecule has 0 bridgehead atoms. The number of nitrogens with one attached hydrogen (secondary N) is 1. The summed E-state index contributed by atoms with van der Waals surface area (Å²) >= 11 is 9.91. The predicted molar refractivity (Wildman–Crippen MR) is 104 cm³/mol. The molecular formula is C18H18ClNO2S2. The van der Waals surface area contributed by atoms with E-state index in [-0.39, 0.29) is 12.5 Å². The van der Waals surface area contributed by atoms with Crippen molar-refractivity contribution in [2.45, 2.75) is 11.5 Å².